The first kappa shape index (κ1) is 23.4. The smallest absolute Gasteiger partial charge is 0.303 e. The molecule has 1 aliphatic carbocycles. The second-order valence-corrected chi connectivity index (χ2v) is 8.11. The minimum Gasteiger partial charge on any atom is -0.491 e. The monoisotopic (exact) mass is 406 g/mol. The first-order valence-electron chi connectivity index (χ1n) is 10.5. The Balaban J connectivity index is 1.81. The topological polar surface area (TPSA) is 107 Å². The van der Waals surface area contributed by atoms with E-state index in [9.17, 15) is 20.1 Å². The van der Waals surface area contributed by atoms with Crippen molar-refractivity contribution in [2.75, 3.05) is 6.61 Å². The van der Waals surface area contributed by atoms with Crippen LogP contribution in [0.4, 0.5) is 0 Å². The summed E-state index contributed by atoms with van der Waals surface area (Å²) in [5, 5.41) is 39.4. The second-order valence-electron chi connectivity index (χ2n) is 8.11. The van der Waals surface area contributed by atoms with Gasteiger partial charge in [-0.25, -0.2) is 0 Å². The van der Waals surface area contributed by atoms with E-state index in [0.29, 0.717) is 37.4 Å². The van der Waals surface area contributed by atoms with E-state index in [1.54, 1.807) is 6.08 Å². The maximum Gasteiger partial charge on any atom is 0.303 e. The fourth-order valence-electron chi connectivity index (χ4n) is 4.15. The van der Waals surface area contributed by atoms with E-state index in [1.165, 1.54) is 0 Å². The van der Waals surface area contributed by atoms with Crippen LogP contribution in [0.3, 0.4) is 0 Å². The van der Waals surface area contributed by atoms with Crippen molar-refractivity contribution in [1.82, 2.24) is 0 Å². The molecule has 6 atom stereocenters. The van der Waals surface area contributed by atoms with Gasteiger partial charge in [-0.1, -0.05) is 37.3 Å². The van der Waals surface area contributed by atoms with Crippen LogP contribution in [-0.2, 0) is 4.79 Å². The lowest BCUT2D eigenvalue weighted by molar-refractivity contribution is -0.137. The maximum absolute atomic E-state index is 10.6. The molecule has 6 heteroatoms. The molecule has 0 spiro atoms. The summed E-state index contributed by atoms with van der Waals surface area (Å²) in [6, 6.07) is 9.30. The van der Waals surface area contributed by atoms with Crippen LogP contribution in [0.1, 0.15) is 45.4 Å². The molecule has 1 aromatic rings. The zero-order valence-corrected chi connectivity index (χ0v) is 17.1. The fourth-order valence-corrected chi connectivity index (χ4v) is 4.15. The third kappa shape index (κ3) is 8.17. The highest BCUT2D eigenvalue weighted by molar-refractivity contribution is 5.66. The van der Waals surface area contributed by atoms with E-state index < -0.39 is 24.3 Å². The molecule has 0 heterocycles. The van der Waals surface area contributed by atoms with E-state index in [2.05, 4.69) is 6.92 Å². The van der Waals surface area contributed by atoms with Crippen LogP contribution in [0.15, 0.2) is 42.5 Å². The van der Waals surface area contributed by atoms with E-state index in [1.807, 2.05) is 36.4 Å². The summed E-state index contributed by atoms with van der Waals surface area (Å²) in [7, 11) is 0. The number of aliphatic carboxylic acids is 1. The maximum atomic E-state index is 10.6. The number of benzene rings is 1. The fraction of sp³-hybridized carbons (Fsp3) is 0.609. The molecule has 0 radical (unpaired) electrons. The number of para-hydroxylation sites is 1. The predicted octanol–water partition coefficient (Wildman–Crippen LogP) is 3.01. The van der Waals surface area contributed by atoms with Gasteiger partial charge in [0.15, 0.2) is 0 Å². The van der Waals surface area contributed by atoms with Crippen LogP contribution in [0.25, 0.3) is 0 Å². The lowest BCUT2D eigenvalue weighted by Gasteiger charge is -2.23. The molecule has 0 saturated heterocycles. The SMILES string of the molecule is C[C@H]1C[C@@H](O)[C@H](/C=C/[C@@H](O)COc2ccccc2)[C@H]1CC[C@@H](O)CCCC(=O)O. The molecule has 1 fully saturated rings. The largest absolute Gasteiger partial charge is 0.491 e. The van der Waals surface area contributed by atoms with Crippen molar-refractivity contribution in [3.05, 3.63) is 42.5 Å². The van der Waals surface area contributed by atoms with Crippen molar-refractivity contribution < 1.29 is 30.0 Å². The van der Waals surface area contributed by atoms with Gasteiger partial charge in [0.05, 0.1) is 12.2 Å². The molecule has 0 aliphatic heterocycles. The Morgan fingerprint density at radius 1 is 1.24 bits per heavy atom. The summed E-state index contributed by atoms with van der Waals surface area (Å²) >= 11 is 0. The highest BCUT2D eigenvalue weighted by Crippen LogP contribution is 2.41. The Morgan fingerprint density at radius 3 is 2.66 bits per heavy atom. The zero-order chi connectivity index (χ0) is 21.2. The van der Waals surface area contributed by atoms with Gasteiger partial charge < -0.3 is 25.2 Å². The lowest BCUT2D eigenvalue weighted by atomic mass is 9.84. The lowest BCUT2D eigenvalue weighted by Crippen LogP contribution is -2.21. The van der Waals surface area contributed by atoms with Gasteiger partial charge in [-0.15, -0.1) is 0 Å². The standard InChI is InChI=1S/C23H34O6/c1-16-14-22(26)21(20(16)12-10-17(24)6-5-9-23(27)28)13-11-18(25)15-29-19-7-3-2-4-8-19/h2-4,7-8,11,13,16-18,20-22,24-26H,5-6,9-10,12,14-15H2,1H3,(H,27,28)/b13-11+/t16-,17-,18+,20-,21+,22+/m0/s1. The van der Waals surface area contributed by atoms with Gasteiger partial charge in [0.2, 0.25) is 0 Å². The first-order valence-corrected chi connectivity index (χ1v) is 10.5. The molecule has 0 amide bonds. The molecule has 0 unspecified atom stereocenters. The highest BCUT2D eigenvalue weighted by Gasteiger charge is 2.38. The van der Waals surface area contributed by atoms with Gasteiger partial charge in [0, 0.05) is 12.3 Å². The van der Waals surface area contributed by atoms with Gasteiger partial charge in [-0.3, -0.25) is 4.79 Å². The Bertz CT molecular complexity index is 632. The number of hydrogen-bond donors (Lipinski definition) is 4. The number of carbonyl (C=O) groups is 1. The van der Waals surface area contributed by atoms with Crippen molar-refractivity contribution >= 4 is 5.97 Å². The third-order valence-electron chi connectivity index (χ3n) is 5.76. The Labute approximate surface area is 172 Å². The van der Waals surface area contributed by atoms with Crippen molar-refractivity contribution in [3.8, 4) is 5.75 Å². The molecule has 0 bridgehead atoms. The zero-order valence-electron chi connectivity index (χ0n) is 17.1. The van der Waals surface area contributed by atoms with E-state index >= 15 is 0 Å². The quantitative estimate of drug-likeness (QED) is 0.398. The summed E-state index contributed by atoms with van der Waals surface area (Å²) in [6.07, 6.45) is 4.90. The molecular weight excluding hydrogens is 372 g/mol. The minimum atomic E-state index is -0.843. The molecule has 4 N–H and O–H groups in total. The third-order valence-corrected chi connectivity index (χ3v) is 5.76. The van der Waals surface area contributed by atoms with Crippen LogP contribution in [0.2, 0.25) is 0 Å². The number of hydrogen-bond acceptors (Lipinski definition) is 5. The summed E-state index contributed by atoms with van der Waals surface area (Å²) < 4.78 is 5.55. The van der Waals surface area contributed by atoms with Crippen molar-refractivity contribution in [1.29, 1.82) is 0 Å². The normalized spacial score (nSPS) is 26.5. The Kier molecular flexibility index (Phi) is 9.64. The summed E-state index contributed by atoms with van der Waals surface area (Å²) in [5.74, 6) is 0.331. The van der Waals surface area contributed by atoms with Gasteiger partial charge >= 0.3 is 5.97 Å². The molecule has 1 aliphatic rings. The molecule has 6 nitrogen and oxygen atoms in total. The van der Waals surface area contributed by atoms with Gasteiger partial charge in [0.25, 0.3) is 0 Å². The average molecular weight is 407 g/mol. The molecule has 1 saturated carbocycles. The number of carboxylic acids is 1. The Hall–Kier alpha value is -1.89. The highest BCUT2D eigenvalue weighted by atomic mass is 16.5. The van der Waals surface area contributed by atoms with Crippen molar-refractivity contribution in [3.63, 3.8) is 0 Å². The number of ether oxygens (including phenoxy) is 1. The molecule has 0 aromatic heterocycles. The van der Waals surface area contributed by atoms with Gasteiger partial charge in [-0.2, -0.15) is 0 Å². The summed E-state index contributed by atoms with van der Waals surface area (Å²) in [4.78, 5) is 10.6. The van der Waals surface area contributed by atoms with Gasteiger partial charge in [-0.05, 0) is 56.1 Å². The second kappa shape index (κ2) is 12.0. The summed E-state index contributed by atoms with van der Waals surface area (Å²) in [5.41, 5.74) is 0. The molecule has 29 heavy (non-hydrogen) atoms. The van der Waals surface area contributed by atoms with Gasteiger partial charge in [0.1, 0.15) is 18.5 Å². The van der Waals surface area contributed by atoms with Crippen LogP contribution < -0.4 is 4.74 Å². The van der Waals surface area contributed by atoms with Crippen LogP contribution in [0.5, 0.6) is 5.75 Å². The predicted molar refractivity (Wildman–Crippen MR) is 111 cm³/mol. The van der Waals surface area contributed by atoms with Crippen LogP contribution in [0, 0.1) is 17.8 Å². The number of carboxylic acid groups (broad SMARTS) is 1. The van der Waals surface area contributed by atoms with E-state index in [-0.39, 0.29) is 24.9 Å². The number of aliphatic hydroxyl groups excluding tert-OH is 3. The van der Waals surface area contributed by atoms with E-state index in [4.69, 9.17) is 9.84 Å². The molecule has 1 aromatic carbocycles. The van der Waals surface area contributed by atoms with Crippen LogP contribution >= 0.6 is 0 Å². The Morgan fingerprint density at radius 2 is 1.97 bits per heavy atom. The van der Waals surface area contributed by atoms with Crippen molar-refractivity contribution in [2.24, 2.45) is 17.8 Å². The minimum absolute atomic E-state index is 0.0670. The van der Waals surface area contributed by atoms with E-state index in [0.717, 1.165) is 6.42 Å². The molecular formula is C23H34O6. The number of rotatable bonds is 12. The molecule has 162 valence electrons. The first-order chi connectivity index (χ1) is 13.9. The average Bonchev–Trinajstić information content (AvgIpc) is 2.96. The molecule has 2 rings (SSSR count). The van der Waals surface area contributed by atoms with Crippen LogP contribution in [-0.4, -0.2) is 51.3 Å². The summed E-state index contributed by atoms with van der Waals surface area (Å²) in [6.45, 7) is 2.25. The number of aliphatic hydroxyl groups is 3. The van der Waals surface area contributed by atoms with Crippen molar-refractivity contribution in [2.45, 2.75) is 63.8 Å².